The fourth-order valence-electron chi connectivity index (χ4n) is 3.78. The predicted molar refractivity (Wildman–Crippen MR) is 114 cm³/mol. The Bertz CT molecular complexity index is 1020. The Morgan fingerprint density at radius 2 is 2.24 bits per heavy atom. The van der Waals surface area contributed by atoms with Crippen molar-refractivity contribution in [1.82, 2.24) is 19.9 Å². The number of unbranched alkanes of at least 4 members (excludes halogenated alkanes) is 1. The molecule has 2 aromatic heterocycles. The van der Waals surface area contributed by atoms with Crippen molar-refractivity contribution >= 4 is 27.5 Å². The average Bonchev–Trinajstić information content (AvgIpc) is 3.03. The van der Waals surface area contributed by atoms with E-state index in [9.17, 15) is 4.79 Å². The van der Waals surface area contributed by atoms with Crippen molar-refractivity contribution in [2.45, 2.75) is 38.1 Å². The minimum absolute atomic E-state index is 0.265. The minimum Gasteiger partial charge on any atom is -0.493 e. The molecule has 152 valence electrons. The number of alkyl halides is 1. The van der Waals surface area contributed by atoms with Gasteiger partial charge in [-0.25, -0.2) is 14.3 Å². The van der Waals surface area contributed by atoms with E-state index in [-0.39, 0.29) is 6.04 Å². The number of aromatic nitrogens is 3. The first-order chi connectivity index (χ1) is 14.2. The molecule has 4 rings (SSSR count). The van der Waals surface area contributed by atoms with Gasteiger partial charge in [0.1, 0.15) is 12.1 Å². The van der Waals surface area contributed by atoms with Crippen molar-refractivity contribution < 1.29 is 14.6 Å². The van der Waals surface area contributed by atoms with Crippen LogP contribution in [0, 0.1) is 0 Å². The zero-order valence-corrected chi connectivity index (χ0v) is 17.6. The zero-order valence-electron chi connectivity index (χ0n) is 16.0. The number of aryl methyl sites for hydroxylation is 1. The maximum Gasteiger partial charge on any atom is 0.405 e. The lowest BCUT2D eigenvalue weighted by molar-refractivity contribution is 0.189. The summed E-state index contributed by atoms with van der Waals surface area (Å²) in [7, 11) is 0. The number of hydrogen-bond acceptors (Lipinski definition) is 4. The molecule has 2 N–H and O–H groups in total. The van der Waals surface area contributed by atoms with Crippen LogP contribution in [0.2, 0.25) is 0 Å². The monoisotopic (exact) mass is 458 g/mol. The van der Waals surface area contributed by atoms with Crippen LogP contribution in [0.3, 0.4) is 0 Å². The molecule has 0 bridgehead atoms. The summed E-state index contributed by atoms with van der Waals surface area (Å²) in [5.41, 5.74) is 4.83. The van der Waals surface area contributed by atoms with Gasteiger partial charge in [0, 0.05) is 22.7 Å². The maximum atomic E-state index is 11.1. The molecule has 3 heterocycles. The summed E-state index contributed by atoms with van der Waals surface area (Å²) in [6.45, 7) is 0.566. The Hall–Kier alpha value is -2.61. The number of ether oxygens (including phenoxy) is 1. The minimum atomic E-state index is -1.02. The number of nitrogens with one attached hydrogen (secondary N) is 1. The van der Waals surface area contributed by atoms with Crippen molar-refractivity contribution in [3.05, 3.63) is 47.9 Å². The number of carboxylic acid groups (broad SMARTS) is 1. The number of amides is 1. The molecule has 1 aliphatic heterocycles. The third-order valence-electron chi connectivity index (χ3n) is 5.17. The van der Waals surface area contributed by atoms with Gasteiger partial charge in [0.05, 0.1) is 23.9 Å². The fourth-order valence-corrected chi connectivity index (χ4v) is 4.18. The number of benzene rings is 1. The van der Waals surface area contributed by atoms with Gasteiger partial charge >= 0.3 is 6.09 Å². The number of nitrogens with zero attached hydrogens (tertiary/aromatic N) is 3. The molecule has 0 fully saturated rings. The van der Waals surface area contributed by atoms with E-state index in [0.29, 0.717) is 18.8 Å². The Morgan fingerprint density at radius 1 is 1.34 bits per heavy atom. The van der Waals surface area contributed by atoms with E-state index in [1.165, 1.54) is 5.56 Å². The molecule has 29 heavy (non-hydrogen) atoms. The molecule has 8 heteroatoms. The fraction of sp³-hybridized carbons (Fsp3) is 0.381. The summed E-state index contributed by atoms with van der Waals surface area (Å²) >= 11 is 3.48. The standard InChI is InChI=1S/C21H23BrN4O3/c22-8-2-1-4-14-10-18-20(23-13-24-26(18)12-14)15-6-7-16-17(25-21(27)28)5-3-9-29-19(16)11-15/h6-7,10-13,17,25H,1-5,8-9H2,(H,27,28). The Labute approximate surface area is 177 Å². The van der Waals surface area contributed by atoms with Crippen molar-refractivity contribution in [3.8, 4) is 17.0 Å². The molecular weight excluding hydrogens is 436 g/mol. The first kappa shape index (κ1) is 19.7. The molecule has 0 saturated carbocycles. The topological polar surface area (TPSA) is 88.8 Å². The van der Waals surface area contributed by atoms with Gasteiger partial charge < -0.3 is 15.2 Å². The number of carbonyl (C=O) groups is 1. The largest absolute Gasteiger partial charge is 0.493 e. The highest BCUT2D eigenvalue weighted by Crippen LogP contribution is 2.35. The smallest absolute Gasteiger partial charge is 0.405 e. The van der Waals surface area contributed by atoms with Gasteiger partial charge in [-0.05, 0) is 49.8 Å². The first-order valence-corrected chi connectivity index (χ1v) is 10.9. The molecule has 1 aliphatic rings. The van der Waals surface area contributed by atoms with Crippen molar-refractivity contribution in [3.63, 3.8) is 0 Å². The third kappa shape index (κ3) is 4.37. The van der Waals surface area contributed by atoms with Crippen LogP contribution in [0.25, 0.3) is 16.8 Å². The van der Waals surface area contributed by atoms with Crippen LogP contribution < -0.4 is 10.1 Å². The van der Waals surface area contributed by atoms with Crippen LogP contribution in [-0.2, 0) is 6.42 Å². The molecule has 7 nitrogen and oxygen atoms in total. The van der Waals surface area contributed by atoms with Crippen molar-refractivity contribution in [2.75, 3.05) is 11.9 Å². The number of halogens is 1. The maximum absolute atomic E-state index is 11.1. The highest BCUT2D eigenvalue weighted by molar-refractivity contribution is 9.09. The number of fused-ring (bicyclic) bond motifs is 2. The van der Waals surface area contributed by atoms with E-state index in [0.717, 1.165) is 53.4 Å². The summed E-state index contributed by atoms with van der Waals surface area (Å²) in [4.78, 5) is 15.7. The summed E-state index contributed by atoms with van der Waals surface area (Å²) in [6, 6.07) is 7.75. The van der Waals surface area contributed by atoms with Crippen LogP contribution in [0.5, 0.6) is 5.75 Å². The average molecular weight is 459 g/mol. The molecule has 0 radical (unpaired) electrons. The molecule has 1 atom stereocenters. The lowest BCUT2D eigenvalue weighted by Gasteiger charge is -2.17. The van der Waals surface area contributed by atoms with Crippen LogP contribution in [-0.4, -0.2) is 37.7 Å². The Kier molecular flexibility index (Phi) is 5.99. The van der Waals surface area contributed by atoms with Gasteiger partial charge in [0.25, 0.3) is 0 Å². The lowest BCUT2D eigenvalue weighted by atomic mass is 9.99. The molecule has 0 saturated heterocycles. The molecule has 0 spiro atoms. The second-order valence-electron chi connectivity index (χ2n) is 7.18. The Morgan fingerprint density at radius 3 is 3.07 bits per heavy atom. The van der Waals surface area contributed by atoms with Crippen LogP contribution >= 0.6 is 15.9 Å². The quantitative estimate of drug-likeness (QED) is 0.416. The second-order valence-corrected chi connectivity index (χ2v) is 7.97. The normalized spacial score (nSPS) is 16.1. The van der Waals surface area contributed by atoms with E-state index in [2.05, 4.69) is 43.6 Å². The highest BCUT2D eigenvalue weighted by Gasteiger charge is 2.22. The van der Waals surface area contributed by atoms with E-state index in [4.69, 9.17) is 9.84 Å². The molecule has 3 aromatic rings. The predicted octanol–water partition coefficient (Wildman–Crippen LogP) is 4.60. The van der Waals surface area contributed by atoms with Crippen LogP contribution in [0.4, 0.5) is 4.79 Å². The van der Waals surface area contributed by atoms with Gasteiger partial charge in [-0.15, -0.1) is 0 Å². The van der Waals surface area contributed by atoms with E-state index < -0.39 is 6.09 Å². The molecule has 1 amide bonds. The highest BCUT2D eigenvalue weighted by atomic mass is 79.9. The van der Waals surface area contributed by atoms with Crippen molar-refractivity contribution in [1.29, 1.82) is 0 Å². The SMILES string of the molecule is O=C(O)NC1CCCOc2cc(-c3ncnn4cc(CCCCBr)cc34)ccc21. The summed E-state index contributed by atoms with van der Waals surface area (Å²) < 4.78 is 7.79. The first-order valence-electron chi connectivity index (χ1n) is 9.80. The molecular formula is C21H23BrN4O3. The van der Waals surface area contributed by atoms with Gasteiger partial charge in [-0.1, -0.05) is 28.1 Å². The van der Waals surface area contributed by atoms with Crippen LogP contribution in [0.15, 0.2) is 36.8 Å². The van der Waals surface area contributed by atoms with Crippen molar-refractivity contribution in [2.24, 2.45) is 0 Å². The van der Waals surface area contributed by atoms with Gasteiger partial charge in [0.2, 0.25) is 0 Å². The lowest BCUT2D eigenvalue weighted by Crippen LogP contribution is -2.26. The van der Waals surface area contributed by atoms with E-state index in [1.807, 2.05) is 22.7 Å². The van der Waals surface area contributed by atoms with Crippen LogP contribution in [0.1, 0.15) is 42.9 Å². The molecule has 1 aromatic carbocycles. The second kappa shape index (κ2) is 8.82. The summed E-state index contributed by atoms with van der Waals surface area (Å²) in [5.74, 6) is 0.708. The number of hydrogen-bond donors (Lipinski definition) is 2. The van der Waals surface area contributed by atoms with E-state index >= 15 is 0 Å². The number of rotatable bonds is 6. The van der Waals surface area contributed by atoms with Gasteiger partial charge in [-0.2, -0.15) is 5.10 Å². The molecule has 0 aliphatic carbocycles. The van der Waals surface area contributed by atoms with Gasteiger partial charge in [-0.3, -0.25) is 0 Å². The van der Waals surface area contributed by atoms with E-state index in [1.54, 1.807) is 6.33 Å². The Balaban J connectivity index is 1.69. The van der Waals surface area contributed by atoms with Gasteiger partial charge in [0.15, 0.2) is 0 Å². The zero-order chi connectivity index (χ0) is 20.2. The summed E-state index contributed by atoms with van der Waals surface area (Å²) in [5, 5.41) is 17.1. The molecule has 1 unspecified atom stereocenters. The third-order valence-corrected chi connectivity index (χ3v) is 5.73. The summed E-state index contributed by atoms with van der Waals surface area (Å²) in [6.07, 6.45) is 7.37.